The highest BCUT2D eigenvalue weighted by molar-refractivity contribution is 7.89. The van der Waals surface area contributed by atoms with E-state index >= 15 is 0 Å². The predicted molar refractivity (Wildman–Crippen MR) is 102 cm³/mol. The number of rotatable bonds is 5. The number of ether oxygens (including phenoxy) is 2. The topological polar surface area (TPSA) is 81.6 Å². The number of nitrogens with zero attached hydrogens (tertiary/aromatic N) is 3. The number of hydrogen-bond acceptors (Lipinski definition) is 6. The van der Waals surface area contributed by atoms with Crippen LogP contribution in [0.15, 0.2) is 29.2 Å². The quantitative estimate of drug-likeness (QED) is 0.779. The predicted octanol–water partition coefficient (Wildman–Crippen LogP) is 2.64. The minimum atomic E-state index is -3.52. The zero-order chi connectivity index (χ0) is 19.6. The highest BCUT2D eigenvalue weighted by Gasteiger charge is 2.30. The third-order valence-electron chi connectivity index (χ3n) is 4.63. The zero-order valence-electron chi connectivity index (χ0n) is 16.1. The first-order chi connectivity index (χ1) is 12.8. The van der Waals surface area contributed by atoms with Gasteiger partial charge in [0.2, 0.25) is 15.9 Å². The van der Waals surface area contributed by atoms with Gasteiger partial charge < -0.3 is 9.47 Å². The van der Waals surface area contributed by atoms with Crippen LogP contribution in [0.3, 0.4) is 0 Å². The second-order valence-corrected chi connectivity index (χ2v) is 8.69. The van der Waals surface area contributed by atoms with Gasteiger partial charge in [-0.2, -0.15) is 9.29 Å². The number of hydrogen-bond donors (Lipinski definition) is 0. The smallest absolute Gasteiger partial charge is 0.243 e. The highest BCUT2D eigenvalue weighted by Crippen LogP contribution is 2.26. The first-order valence-corrected chi connectivity index (χ1v) is 10.4. The molecule has 0 bridgehead atoms. The van der Waals surface area contributed by atoms with Crippen LogP contribution in [-0.4, -0.2) is 49.0 Å². The van der Waals surface area contributed by atoms with E-state index in [9.17, 15) is 8.42 Å². The molecule has 0 atom stereocenters. The maximum atomic E-state index is 12.9. The molecule has 0 spiro atoms. The fourth-order valence-electron chi connectivity index (χ4n) is 3.26. The summed E-state index contributed by atoms with van der Waals surface area (Å²) in [7, 11) is -1.95. The molecule has 0 amide bonds. The summed E-state index contributed by atoms with van der Waals surface area (Å²) >= 11 is 0. The molecule has 1 aromatic carbocycles. The van der Waals surface area contributed by atoms with Crippen molar-refractivity contribution in [1.82, 2.24) is 14.3 Å². The Kier molecular flexibility index (Phi) is 5.67. The van der Waals surface area contributed by atoms with Crippen molar-refractivity contribution in [3.63, 3.8) is 0 Å². The van der Waals surface area contributed by atoms with Gasteiger partial charge >= 0.3 is 0 Å². The van der Waals surface area contributed by atoms with Crippen molar-refractivity contribution in [3.8, 4) is 11.6 Å². The fourth-order valence-corrected chi connectivity index (χ4v) is 4.82. The molecule has 2 heterocycles. The molecule has 146 valence electrons. The summed E-state index contributed by atoms with van der Waals surface area (Å²) in [6, 6.07) is 6.74. The molecule has 0 radical (unpaired) electrons. The Bertz CT molecular complexity index is 902. The van der Waals surface area contributed by atoms with Crippen LogP contribution in [0.5, 0.6) is 11.6 Å². The van der Waals surface area contributed by atoms with E-state index in [1.54, 1.807) is 31.4 Å². The minimum absolute atomic E-state index is 0.0530. The molecular formula is C19H25N3O4S. The summed E-state index contributed by atoms with van der Waals surface area (Å²) in [6.45, 7) is 6.39. The van der Waals surface area contributed by atoms with Gasteiger partial charge in [-0.3, -0.25) is 0 Å². The Morgan fingerprint density at radius 1 is 1.07 bits per heavy atom. The van der Waals surface area contributed by atoms with E-state index in [-0.39, 0.29) is 6.10 Å². The average molecular weight is 391 g/mol. The lowest BCUT2D eigenvalue weighted by Crippen LogP contribution is -2.41. The normalized spacial score (nSPS) is 16.3. The monoisotopic (exact) mass is 391 g/mol. The molecule has 1 aromatic heterocycles. The Labute approximate surface area is 160 Å². The van der Waals surface area contributed by atoms with E-state index in [0.717, 1.165) is 11.3 Å². The highest BCUT2D eigenvalue weighted by atomic mass is 32.2. The Hall–Kier alpha value is -2.19. The number of benzene rings is 1. The third kappa shape index (κ3) is 4.39. The summed E-state index contributed by atoms with van der Waals surface area (Å²) in [5, 5.41) is 0. The van der Waals surface area contributed by atoms with E-state index in [4.69, 9.17) is 9.47 Å². The fraction of sp³-hybridized carbons (Fsp3) is 0.474. The molecule has 27 heavy (non-hydrogen) atoms. The minimum Gasteiger partial charge on any atom is -0.496 e. The van der Waals surface area contributed by atoms with Gasteiger partial charge in [0, 0.05) is 24.8 Å². The third-order valence-corrected chi connectivity index (χ3v) is 6.53. The van der Waals surface area contributed by atoms with Gasteiger partial charge in [-0.15, -0.1) is 0 Å². The first-order valence-electron chi connectivity index (χ1n) is 8.93. The van der Waals surface area contributed by atoms with Gasteiger partial charge in [0.25, 0.3) is 0 Å². The van der Waals surface area contributed by atoms with Crippen molar-refractivity contribution in [3.05, 3.63) is 41.3 Å². The number of sulfonamides is 1. The van der Waals surface area contributed by atoms with Gasteiger partial charge in [0.05, 0.1) is 12.0 Å². The molecule has 0 N–H and O–H groups in total. The summed E-state index contributed by atoms with van der Waals surface area (Å²) in [5.74, 6) is 1.89. The van der Waals surface area contributed by atoms with Crippen LogP contribution in [0.25, 0.3) is 0 Å². The second kappa shape index (κ2) is 7.82. The molecule has 1 aliphatic heterocycles. The van der Waals surface area contributed by atoms with Gasteiger partial charge in [-0.1, -0.05) is 0 Å². The van der Waals surface area contributed by atoms with E-state index in [0.29, 0.717) is 48.3 Å². The van der Waals surface area contributed by atoms with Crippen molar-refractivity contribution in [2.75, 3.05) is 20.2 Å². The Morgan fingerprint density at radius 2 is 1.78 bits per heavy atom. The van der Waals surface area contributed by atoms with Crippen LogP contribution >= 0.6 is 0 Å². The van der Waals surface area contributed by atoms with E-state index in [1.807, 2.05) is 20.8 Å². The van der Waals surface area contributed by atoms with E-state index < -0.39 is 10.0 Å². The SMILES string of the molecule is COc1ccc(S(=O)(=O)N2CCC(Oc3cc(C)nc(C)n3)CC2)cc1C. The second-order valence-electron chi connectivity index (χ2n) is 6.75. The van der Waals surface area contributed by atoms with Gasteiger partial charge in [-0.05, 0) is 57.4 Å². The molecule has 0 aliphatic carbocycles. The standard InChI is InChI=1S/C19H25N3O4S/c1-13-11-17(5-6-18(13)25-4)27(23,24)22-9-7-16(8-10-22)26-19-12-14(2)20-15(3)21-19/h5-6,11-12,16H,7-10H2,1-4H3. The molecule has 1 saturated heterocycles. The van der Waals surface area contributed by atoms with Crippen LogP contribution < -0.4 is 9.47 Å². The van der Waals surface area contributed by atoms with Crippen molar-refractivity contribution in [2.24, 2.45) is 0 Å². The van der Waals surface area contributed by atoms with Crippen LogP contribution in [0, 0.1) is 20.8 Å². The number of piperidine rings is 1. The van der Waals surface area contributed by atoms with Gasteiger partial charge in [0.1, 0.15) is 17.7 Å². The number of aromatic nitrogens is 2. The first kappa shape index (κ1) is 19.6. The van der Waals surface area contributed by atoms with Crippen LogP contribution in [0.4, 0.5) is 0 Å². The molecule has 0 saturated carbocycles. The molecule has 1 aliphatic rings. The van der Waals surface area contributed by atoms with E-state index in [1.165, 1.54) is 4.31 Å². The molecule has 3 rings (SSSR count). The van der Waals surface area contributed by atoms with Crippen molar-refractivity contribution in [1.29, 1.82) is 0 Å². The van der Waals surface area contributed by atoms with Crippen LogP contribution in [0.1, 0.15) is 29.9 Å². The molecule has 7 nitrogen and oxygen atoms in total. The van der Waals surface area contributed by atoms with Crippen molar-refractivity contribution >= 4 is 10.0 Å². The van der Waals surface area contributed by atoms with E-state index in [2.05, 4.69) is 9.97 Å². The Morgan fingerprint density at radius 3 is 2.37 bits per heavy atom. The maximum Gasteiger partial charge on any atom is 0.243 e. The van der Waals surface area contributed by atoms with Crippen molar-refractivity contribution < 1.29 is 17.9 Å². The lowest BCUT2D eigenvalue weighted by molar-refractivity contribution is 0.129. The zero-order valence-corrected chi connectivity index (χ0v) is 16.9. The van der Waals surface area contributed by atoms with Crippen LogP contribution in [0.2, 0.25) is 0 Å². The average Bonchev–Trinajstić information content (AvgIpc) is 2.61. The summed E-state index contributed by atoms with van der Waals surface area (Å²) in [4.78, 5) is 8.82. The molecule has 0 unspecified atom stereocenters. The van der Waals surface area contributed by atoms with Crippen LogP contribution in [-0.2, 0) is 10.0 Å². The molecule has 2 aromatic rings. The summed E-state index contributed by atoms with van der Waals surface area (Å²) in [5.41, 5.74) is 1.65. The molecular weight excluding hydrogens is 366 g/mol. The molecule has 8 heteroatoms. The lowest BCUT2D eigenvalue weighted by Gasteiger charge is -2.31. The van der Waals surface area contributed by atoms with Crippen molar-refractivity contribution in [2.45, 2.75) is 44.6 Å². The Balaban J connectivity index is 1.66. The summed E-state index contributed by atoms with van der Waals surface area (Å²) in [6.07, 6.45) is 1.19. The summed E-state index contributed by atoms with van der Waals surface area (Å²) < 4.78 is 38.5. The lowest BCUT2D eigenvalue weighted by atomic mass is 10.1. The number of aryl methyl sites for hydroxylation is 3. The number of methoxy groups -OCH3 is 1. The largest absolute Gasteiger partial charge is 0.496 e. The molecule has 1 fully saturated rings. The van der Waals surface area contributed by atoms with Gasteiger partial charge in [-0.25, -0.2) is 13.4 Å². The van der Waals surface area contributed by atoms with Gasteiger partial charge in [0.15, 0.2) is 0 Å². The maximum absolute atomic E-state index is 12.9.